The summed E-state index contributed by atoms with van der Waals surface area (Å²) in [5.74, 6) is 0.356. The van der Waals surface area contributed by atoms with E-state index in [1.807, 2.05) is 0 Å². The second-order valence-electron chi connectivity index (χ2n) is 9.45. The summed E-state index contributed by atoms with van der Waals surface area (Å²) in [6.07, 6.45) is 32.5. The number of rotatable bonds is 11. The zero-order valence-corrected chi connectivity index (χ0v) is 18.9. The number of carboxylic acids is 1. The summed E-state index contributed by atoms with van der Waals surface area (Å²) < 4.78 is 0. The van der Waals surface area contributed by atoms with E-state index in [1.165, 1.54) is 135 Å². The molecule has 1 aliphatic rings. The highest BCUT2D eigenvalue weighted by Gasteiger charge is 2.09. The minimum atomic E-state index is -0.645. The molecule has 0 aliphatic heterocycles. The van der Waals surface area contributed by atoms with Crippen molar-refractivity contribution >= 4 is 5.97 Å². The Kier molecular flexibility index (Phi) is 18.0. The van der Waals surface area contributed by atoms with E-state index in [4.69, 9.17) is 5.11 Å². The third kappa shape index (κ3) is 17.6. The van der Waals surface area contributed by atoms with Gasteiger partial charge in [-0.2, -0.15) is 0 Å². The molecule has 0 spiro atoms. The van der Waals surface area contributed by atoms with Gasteiger partial charge in [0, 0.05) is 6.42 Å². The van der Waals surface area contributed by atoms with Crippen molar-refractivity contribution in [2.24, 2.45) is 5.92 Å². The van der Waals surface area contributed by atoms with Crippen LogP contribution in [0.1, 0.15) is 154 Å². The van der Waals surface area contributed by atoms with Crippen LogP contribution in [-0.4, -0.2) is 11.1 Å². The molecular formula is C26H50O2. The average molecular weight is 395 g/mol. The Morgan fingerprint density at radius 3 is 1.32 bits per heavy atom. The van der Waals surface area contributed by atoms with Gasteiger partial charge in [-0.25, -0.2) is 0 Å². The topological polar surface area (TPSA) is 37.3 Å². The number of hydrogen-bond donors (Lipinski definition) is 1. The van der Waals surface area contributed by atoms with Crippen LogP contribution in [0.4, 0.5) is 0 Å². The van der Waals surface area contributed by atoms with E-state index in [-0.39, 0.29) is 0 Å². The van der Waals surface area contributed by atoms with Gasteiger partial charge in [0.05, 0.1) is 0 Å². The second kappa shape index (κ2) is 19.8. The van der Waals surface area contributed by atoms with Gasteiger partial charge in [-0.05, 0) is 12.3 Å². The predicted octanol–water partition coefficient (Wildman–Crippen LogP) is 9.06. The highest BCUT2D eigenvalue weighted by molar-refractivity contribution is 5.66. The Morgan fingerprint density at radius 1 is 0.536 bits per heavy atom. The minimum absolute atomic E-state index is 0.349. The van der Waals surface area contributed by atoms with E-state index >= 15 is 0 Å². The Bertz CT molecular complexity index is 323. The maximum atomic E-state index is 10.5. The van der Waals surface area contributed by atoms with Crippen molar-refractivity contribution in [1.29, 1.82) is 0 Å². The van der Waals surface area contributed by atoms with Crippen LogP contribution in [0.15, 0.2) is 0 Å². The largest absolute Gasteiger partial charge is 0.481 e. The SMILES string of the molecule is O=C(O)CCCCCCCCCCC1CCCCCCCCCCCCCC1. The maximum absolute atomic E-state index is 10.5. The summed E-state index contributed by atoms with van der Waals surface area (Å²) >= 11 is 0. The smallest absolute Gasteiger partial charge is 0.303 e. The molecule has 166 valence electrons. The average Bonchev–Trinajstić information content (AvgIpc) is 2.69. The van der Waals surface area contributed by atoms with Crippen molar-refractivity contribution < 1.29 is 9.90 Å². The lowest BCUT2D eigenvalue weighted by molar-refractivity contribution is -0.137. The van der Waals surface area contributed by atoms with Crippen LogP contribution in [-0.2, 0) is 4.79 Å². The summed E-state index contributed by atoms with van der Waals surface area (Å²) in [5, 5.41) is 8.64. The fourth-order valence-corrected chi connectivity index (χ4v) is 4.84. The monoisotopic (exact) mass is 394 g/mol. The number of hydrogen-bond acceptors (Lipinski definition) is 1. The Labute approximate surface area is 176 Å². The fraction of sp³-hybridized carbons (Fsp3) is 0.962. The van der Waals surface area contributed by atoms with Crippen LogP contribution in [0.25, 0.3) is 0 Å². The molecule has 2 nitrogen and oxygen atoms in total. The first kappa shape index (κ1) is 25.5. The molecule has 1 fully saturated rings. The second-order valence-corrected chi connectivity index (χ2v) is 9.45. The molecule has 0 aromatic heterocycles. The van der Waals surface area contributed by atoms with Crippen LogP contribution in [0.3, 0.4) is 0 Å². The maximum Gasteiger partial charge on any atom is 0.303 e. The Hall–Kier alpha value is -0.530. The molecule has 1 saturated carbocycles. The van der Waals surface area contributed by atoms with E-state index in [0.717, 1.165) is 18.8 Å². The molecule has 1 aliphatic carbocycles. The number of carbonyl (C=O) groups is 1. The number of aliphatic carboxylic acids is 1. The first-order valence-electron chi connectivity index (χ1n) is 13.0. The normalized spacial score (nSPS) is 19.0. The zero-order chi connectivity index (χ0) is 20.1. The van der Waals surface area contributed by atoms with Gasteiger partial charge < -0.3 is 5.11 Å². The van der Waals surface area contributed by atoms with Crippen LogP contribution < -0.4 is 0 Å². The standard InChI is InChI=1S/C26H50O2/c27-26(28)24-20-16-12-8-7-11-15-19-23-25-21-17-13-9-5-3-1-2-4-6-10-14-18-22-25/h25H,1-24H2,(H,27,28). The molecule has 0 bridgehead atoms. The van der Waals surface area contributed by atoms with E-state index in [2.05, 4.69) is 0 Å². The molecule has 0 atom stereocenters. The third-order valence-electron chi connectivity index (χ3n) is 6.73. The lowest BCUT2D eigenvalue weighted by Gasteiger charge is -2.17. The van der Waals surface area contributed by atoms with Gasteiger partial charge in [-0.1, -0.05) is 141 Å². The molecule has 0 heterocycles. The van der Waals surface area contributed by atoms with Gasteiger partial charge >= 0.3 is 5.97 Å². The van der Waals surface area contributed by atoms with Crippen molar-refractivity contribution in [2.45, 2.75) is 154 Å². The molecule has 0 unspecified atom stereocenters. The van der Waals surface area contributed by atoms with E-state index in [1.54, 1.807) is 0 Å². The molecule has 0 amide bonds. The molecule has 0 aromatic rings. The molecule has 0 aromatic carbocycles. The molecule has 2 heteroatoms. The number of carboxylic acid groups (broad SMARTS) is 1. The van der Waals surface area contributed by atoms with Crippen LogP contribution in [0.2, 0.25) is 0 Å². The quantitative estimate of drug-likeness (QED) is 0.355. The van der Waals surface area contributed by atoms with Crippen molar-refractivity contribution in [3.05, 3.63) is 0 Å². The first-order chi connectivity index (χ1) is 13.8. The molecule has 1 rings (SSSR count). The summed E-state index contributed by atoms with van der Waals surface area (Å²) in [5.41, 5.74) is 0. The number of unbranched alkanes of at least 4 members (excludes halogenated alkanes) is 7. The summed E-state index contributed by atoms with van der Waals surface area (Å²) in [4.78, 5) is 10.5. The van der Waals surface area contributed by atoms with Crippen LogP contribution >= 0.6 is 0 Å². The fourth-order valence-electron chi connectivity index (χ4n) is 4.84. The summed E-state index contributed by atoms with van der Waals surface area (Å²) in [6.45, 7) is 0. The van der Waals surface area contributed by atoms with Gasteiger partial charge in [-0.3, -0.25) is 4.79 Å². The third-order valence-corrected chi connectivity index (χ3v) is 6.73. The van der Waals surface area contributed by atoms with Gasteiger partial charge in [0.1, 0.15) is 0 Å². The molecule has 1 N–H and O–H groups in total. The predicted molar refractivity (Wildman–Crippen MR) is 122 cm³/mol. The van der Waals surface area contributed by atoms with Crippen molar-refractivity contribution in [2.75, 3.05) is 0 Å². The van der Waals surface area contributed by atoms with Crippen molar-refractivity contribution in [3.63, 3.8) is 0 Å². The minimum Gasteiger partial charge on any atom is -0.481 e. The lowest BCUT2D eigenvalue weighted by Crippen LogP contribution is -2.01. The van der Waals surface area contributed by atoms with Gasteiger partial charge in [0.15, 0.2) is 0 Å². The summed E-state index contributed by atoms with van der Waals surface area (Å²) in [6, 6.07) is 0. The Morgan fingerprint density at radius 2 is 0.893 bits per heavy atom. The summed E-state index contributed by atoms with van der Waals surface area (Å²) in [7, 11) is 0. The van der Waals surface area contributed by atoms with E-state index in [9.17, 15) is 4.79 Å². The highest BCUT2D eigenvalue weighted by atomic mass is 16.4. The lowest BCUT2D eigenvalue weighted by atomic mass is 9.89. The van der Waals surface area contributed by atoms with Gasteiger partial charge in [-0.15, -0.1) is 0 Å². The van der Waals surface area contributed by atoms with E-state index < -0.39 is 5.97 Å². The van der Waals surface area contributed by atoms with Crippen LogP contribution in [0, 0.1) is 5.92 Å². The van der Waals surface area contributed by atoms with Crippen molar-refractivity contribution in [1.82, 2.24) is 0 Å². The molecule has 0 radical (unpaired) electrons. The molecular weight excluding hydrogens is 344 g/mol. The Balaban J connectivity index is 2.04. The zero-order valence-electron chi connectivity index (χ0n) is 18.9. The van der Waals surface area contributed by atoms with E-state index in [0.29, 0.717) is 6.42 Å². The van der Waals surface area contributed by atoms with Crippen LogP contribution in [0.5, 0.6) is 0 Å². The highest BCUT2D eigenvalue weighted by Crippen LogP contribution is 2.25. The van der Waals surface area contributed by atoms with Gasteiger partial charge in [0.25, 0.3) is 0 Å². The van der Waals surface area contributed by atoms with Gasteiger partial charge in [0.2, 0.25) is 0 Å². The molecule has 0 saturated heterocycles. The molecule has 28 heavy (non-hydrogen) atoms. The first-order valence-corrected chi connectivity index (χ1v) is 13.0. The van der Waals surface area contributed by atoms with Crippen molar-refractivity contribution in [3.8, 4) is 0 Å².